The molecule has 98 valence electrons. The number of rotatable bonds is 2. The van der Waals surface area contributed by atoms with Crippen LogP contribution in [0.15, 0.2) is 24.3 Å². The monoisotopic (exact) mass is 246 g/mol. The zero-order valence-corrected chi connectivity index (χ0v) is 11.0. The molecule has 0 radical (unpaired) electrons. The lowest BCUT2D eigenvalue weighted by Gasteiger charge is -2.40. The first kappa shape index (κ1) is 12.0. The Kier molecular flexibility index (Phi) is 3.27. The third kappa shape index (κ3) is 2.25. The minimum absolute atomic E-state index is 0.353. The van der Waals surface area contributed by atoms with Crippen LogP contribution in [-0.2, 0) is 0 Å². The summed E-state index contributed by atoms with van der Waals surface area (Å²) in [5, 5.41) is 9.35. The zero-order valence-electron chi connectivity index (χ0n) is 11.0. The van der Waals surface area contributed by atoms with E-state index < -0.39 is 0 Å². The summed E-state index contributed by atoms with van der Waals surface area (Å²) in [6.45, 7) is 7.15. The number of aromatic hydroxyl groups is 1. The van der Waals surface area contributed by atoms with Crippen molar-refractivity contribution in [1.29, 1.82) is 0 Å². The predicted octanol–water partition coefficient (Wildman–Crippen LogP) is 2.23. The van der Waals surface area contributed by atoms with Gasteiger partial charge in [0.2, 0.25) is 0 Å². The third-order valence-corrected chi connectivity index (χ3v) is 4.54. The largest absolute Gasteiger partial charge is 0.508 e. The molecule has 2 saturated heterocycles. The van der Waals surface area contributed by atoms with E-state index in [4.69, 9.17) is 0 Å². The standard InChI is InChI=1S/C15H22N2O/c1-12(13-4-6-15(18)7-5-13)17-10-9-16-8-2-3-14(16)11-17/h4-7,12,14,18H,2-3,8-11H2,1H3. The van der Waals surface area contributed by atoms with Crippen molar-refractivity contribution in [1.82, 2.24) is 9.80 Å². The van der Waals surface area contributed by atoms with E-state index in [1.54, 1.807) is 12.1 Å². The SMILES string of the molecule is CC(c1ccc(O)cc1)N1CCN2CCCC2C1. The summed E-state index contributed by atoms with van der Waals surface area (Å²) in [5.74, 6) is 0.353. The van der Waals surface area contributed by atoms with E-state index in [2.05, 4.69) is 16.7 Å². The van der Waals surface area contributed by atoms with Crippen LogP contribution in [-0.4, -0.2) is 47.1 Å². The normalized spacial score (nSPS) is 27.1. The van der Waals surface area contributed by atoms with Crippen LogP contribution < -0.4 is 0 Å². The predicted molar refractivity (Wildman–Crippen MR) is 72.7 cm³/mol. The van der Waals surface area contributed by atoms with Crippen molar-refractivity contribution >= 4 is 0 Å². The van der Waals surface area contributed by atoms with E-state index in [1.807, 2.05) is 12.1 Å². The molecule has 3 rings (SSSR count). The van der Waals surface area contributed by atoms with E-state index in [1.165, 1.54) is 44.6 Å². The molecule has 18 heavy (non-hydrogen) atoms. The first-order valence-corrected chi connectivity index (χ1v) is 7.01. The number of piperazine rings is 1. The van der Waals surface area contributed by atoms with Gasteiger partial charge in [0.05, 0.1) is 0 Å². The fraction of sp³-hybridized carbons (Fsp3) is 0.600. The van der Waals surface area contributed by atoms with Crippen LogP contribution in [0.3, 0.4) is 0 Å². The van der Waals surface area contributed by atoms with Gasteiger partial charge in [-0.1, -0.05) is 12.1 Å². The Morgan fingerprint density at radius 3 is 2.72 bits per heavy atom. The second-order valence-electron chi connectivity index (χ2n) is 5.59. The fourth-order valence-electron chi connectivity index (χ4n) is 3.33. The summed E-state index contributed by atoms with van der Waals surface area (Å²) in [6.07, 6.45) is 2.73. The fourth-order valence-corrected chi connectivity index (χ4v) is 3.33. The molecule has 1 aromatic rings. The van der Waals surface area contributed by atoms with Crippen LogP contribution in [0.4, 0.5) is 0 Å². The molecule has 0 amide bonds. The van der Waals surface area contributed by atoms with Gasteiger partial charge in [0.1, 0.15) is 5.75 Å². The highest BCUT2D eigenvalue weighted by Gasteiger charge is 2.32. The first-order chi connectivity index (χ1) is 8.74. The van der Waals surface area contributed by atoms with Crippen molar-refractivity contribution in [2.24, 2.45) is 0 Å². The van der Waals surface area contributed by atoms with E-state index >= 15 is 0 Å². The summed E-state index contributed by atoms with van der Waals surface area (Å²) < 4.78 is 0. The Morgan fingerprint density at radius 2 is 1.94 bits per heavy atom. The highest BCUT2D eigenvalue weighted by atomic mass is 16.3. The van der Waals surface area contributed by atoms with Crippen molar-refractivity contribution in [3.63, 3.8) is 0 Å². The maximum atomic E-state index is 9.35. The second kappa shape index (κ2) is 4.90. The Bertz CT molecular complexity index is 403. The molecule has 1 aromatic carbocycles. The van der Waals surface area contributed by atoms with Gasteiger partial charge in [0.15, 0.2) is 0 Å². The number of fused-ring (bicyclic) bond motifs is 1. The highest BCUT2D eigenvalue weighted by molar-refractivity contribution is 5.27. The molecular formula is C15H22N2O. The molecule has 2 unspecified atom stereocenters. The molecule has 3 heteroatoms. The van der Waals surface area contributed by atoms with Gasteiger partial charge in [-0.05, 0) is 44.0 Å². The molecule has 2 fully saturated rings. The molecule has 1 N–H and O–H groups in total. The van der Waals surface area contributed by atoms with Crippen LogP contribution in [0.5, 0.6) is 5.75 Å². The number of hydrogen-bond donors (Lipinski definition) is 1. The molecule has 2 atom stereocenters. The lowest BCUT2D eigenvalue weighted by Crippen LogP contribution is -2.50. The van der Waals surface area contributed by atoms with E-state index in [-0.39, 0.29) is 0 Å². The Balaban J connectivity index is 1.69. The average molecular weight is 246 g/mol. The van der Waals surface area contributed by atoms with Crippen molar-refractivity contribution < 1.29 is 5.11 Å². The molecular weight excluding hydrogens is 224 g/mol. The quantitative estimate of drug-likeness (QED) is 0.867. The second-order valence-corrected chi connectivity index (χ2v) is 5.59. The minimum atomic E-state index is 0.353. The summed E-state index contributed by atoms with van der Waals surface area (Å²) in [6, 6.07) is 8.89. The minimum Gasteiger partial charge on any atom is -0.508 e. The summed E-state index contributed by atoms with van der Waals surface area (Å²) in [7, 11) is 0. The van der Waals surface area contributed by atoms with Gasteiger partial charge in [-0.2, -0.15) is 0 Å². The molecule has 3 nitrogen and oxygen atoms in total. The van der Waals surface area contributed by atoms with Crippen LogP contribution in [0.1, 0.15) is 31.4 Å². The van der Waals surface area contributed by atoms with E-state index in [0.29, 0.717) is 11.8 Å². The molecule has 2 heterocycles. The average Bonchev–Trinajstić information content (AvgIpc) is 2.86. The number of hydrogen-bond acceptors (Lipinski definition) is 3. The number of nitrogens with zero attached hydrogens (tertiary/aromatic N) is 2. The van der Waals surface area contributed by atoms with Crippen molar-refractivity contribution in [3.05, 3.63) is 29.8 Å². The van der Waals surface area contributed by atoms with Crippen LogP contribution in [0.25, 0.3) is 0 Å². The van der Waals surface area contributed by atoms with Crippen LogP contribution in [0, 0.1) is 0 Å². The summed E-state index contributed by atoms with van der Waals surface area (Å²) in [5.41, 5.74) is 1.30. The smallest absolute Gasteiger partial charge is 0.115 e. The number of phenols is 1. The van der Waals surface area contributed by atoms with Crippen molar-refractivity contribution in [2.45, 2.75) is 31.8 Å². The Hall–Kier alpha value is -1.06. The molecule has 0 bridgehead atoms. The summed E-state index contributed by atoms with van der Waals surface area (Å²) >= 11 is 0. The number of benzene rings is 1. The van der Waals surface area contributed by atoms with Gasteiger partial charge < -0.3 is 5.11 Å². The van der Waals surface area contributed by atoms with Crippen LogP contribution in [0.2, 0.25) is 0 Å². The maximum absolute atomic E-state index is 9.35. The van der Waals surface area contributed by atoms with Gasteiger partial charge in [-0.25, -0.2) is 0 Å². The van der Waals surface area contributed by atoms with Crippen molar-refractivity contribution in [2.75, 3.05) is 26.2 Å². The molecule has 0 saturated carbocycles. The van der Waals surface area contributed by atoms with E-state index in [9.17, 15) is 5.11 Å². The van der Waals surface area contributed by atoms with Crippen LogP contribution >= 0.6 is 0 Å². The third-order valence-electron chi connectivity index (χ3n) is 4.54. The Labute approximate surface area is 109 Å². The Morgan fingerprint density at radius 1 is 1.17 bits per heavy atom. The van der Waals surface area contributed by atoms with Crippen molar-refractivity contribution in [3.8, 4) is 5.75 Å². The number of phenolic OH excluding ortho intramolecular Hbond substituents is 1. The summed E-state index contributed by atoms with van der Waals surface area (Å²) in [4.78, 5) is 5.22. The maximum Gasteiger partial charge on any atom is 0.115 e. The topological polar surface area (TPSA) is 26.7 Å². The highest BCUT2D eigenvalue weighted by Crippen LogP contribution is 2.28. The zero-order chi connectivity index (χ0) is 12.5. The first-order valence-electron chi connectivity index (χ1n) is 7.01. The lowest BCUT2D eigenvalue weighted by molar-refractivity contribution is 0.0770. The van der Waals surface area contributed by atoms with Gasteiger partial charge in [-0.15, -0.1) is 0 Å². The lowest BCUT2D eigenvalue weighted by atomic mass is 10.0. The molecule has 0 aliphatic carbocycles. The van der Waals surface area contributed by atoms with Gasteiger partial charge in [-0.3, -0.25) is 9.80 Å². The molecule has 2 aliphatic rings. The molecule has 2 aliphatic heterocycles. The molecule has 0 spiro atoms. The van der Waals surface area contributed by atoms with Gasteiger partial charge in [0, 0.05) is 31.7 Å². The molecule has 0 aromatic heterocycles. The van der Waals surface area contributed by atoms with Gasteiger partial charge in [0.25, 0.3) is 0 Å². The van der Waals surface area contributed by atoms with Gasteiger partial charge >= 0.3 is 0 Å². The van der Waals surface area contributed by atoms with E-state index in [0.717, 1.165) is 6.04 Å².